The molecule has 112 valence electrons. The molecule has 0 saturated heterocycles. The molecule has 1 aromatic carbocycles. The molecule has 0 radical (unpaired) electrons. The van der Waals surface area contributed by atoms with Gasteiger partial charge in [-0.15, -0.1) is 0 Å². The molecule has 1 aromatic heterocycles. The van der Waals surface area contributed by atoms with Crippen molar-refractivity contribution < 1.29 is 4.74 Å². The average Bonchev–Trinajstić information content (AvgIpc) is 2.44. The summed E-state index contributed by atoms with van der Waals surface area (Å²) in [4.78, 5) is 27.0. The van der Waals surface area contributed by atoms with E-state index < -0.39 is 11.2 Å². The first kappa shape index (κ1) is 15.5. The van der Waals surface area contributed by atoms with Crippen LogP contribution in [0.15, 0.2) is 33.9 Å². The molecule has 21 heavy (non-hydrogen) atoms. The normalized spacial score (nSPS) is 10.8. The highest BCUT2D eigenvalue weighted by molar-refractivity contribution is 6.32. The lowest BCUT2D eigenvalue weighted by molar-refractivity contribution is 0.137. The van der Waals surface area contributed by atoms with Crippen molar-refractivity contribution in [3.8, 4) is 11.1 Å². The number of aromatic amines is 1. The lowest BCUT2D eigenvalue weighted by Crippen LogP contribution is -2.37. The van der Waals surface area contributed by atoms with Gasteiger partial charge in [0.1, 0.15) is 5.15 Å². The van der Waals surface area contributed by atoms with E-state index in [1.165, 1.54) is 0 Å². The van der Waals surface area contributed by atoms with Crippen LogP contribution in [0.3, 0.4) is 0 Å². The third kappa shape index (κ3) is 3.25. The van der Waals surface area contributed by atoms with Gasteiger partial charge in [0.05, 0.1) is 18.7 Å². The van der Waals surface area contributed by atoms with Crippen LogP contribution in [0.5, 0.6) is 0 Å². The smallest absolute Gasteiger partial charge is 0.329 e. The molecule has 0 spiro atoms. The van der Waals surface area contributed by atoms with Gasteiger partial charge < -0.3 is 4.74 Å². The number of rotatable bonds is 5. The number of hydrogen-bond acceptors (Lipinski definition) is 3. The Morgan fingerprint density at radius 3 is 2.67 bits per heavy atom. The molecule has 2 aromatic rings. The van der Waals surface area contributed by atoms with Gasteiger partial charge in [0.2, 0.25) is 0 Å². The van der Waals surface area contributed by atoms with Crippen molar-refractivity contribution in [3.63, 3.8) is 0 Å². The molecule has 0 atom stereocenters. The van der Waals surface area contributed by atoms with Crippen molar-refractivity contribution in [2.45, 2.75) is 20.4 Å². The fourth-order valence-electron chi connectivity index (χ4n) is 2.14. The minimum absolute atomic E-state index is 0.0620. The van der Waals surface area contributed by atoms with E-state index in [1.54, 1.807) is 0 Å². The second-order valence-electron chi connectivity index (χ2n) is 4.59. The van der Waals surface area contributed by atoms with E-state index in [-0.39, 0.29) is 11.7 Å². The van der Waals surface area contributed by atoms with Gasteiger partial charge in [0, 0.05) is 6.61 Å². The molecule has 5 nitrogen and oxygen atoms in total. The van der Waals surface area contributed by atoms with Crippen LogP contribution in [-0.2, 0) is 11.3 Å². The standard InChI is InChI=1S/C15H17ClN2O3/c1-3-21-9-8-18-14(19)12(13(16)17-15(18)20)11-7-5-4-6-10(11)2/h4-7H,3,8-9H2,1-2H3,(H,17,20). The van der Waals surface area contributed by atoms with Crippen molar-refractivity contribution in [2.24, 2.45) is 0 Å². The van der Waals surface area contributed by atoms with Crippen LogP contribution >= 0.6 is 11.6 Å². The first-order valence-corrected chi connectivity index (χ1v) is 7.10. The molecule has 0 bridgehead atoms. The first-order valence-electron chi connectivity index (χ1n) is 6.72. The largest absolute Gasteiger partial charge is 0.380 e. The molecule has 1 N–H and O–H groups in total. The number of halogens is 1. The lowest BCUT2D eigenvalue weighted by Gasteiger charge is -2.11. The zero-order chi connectivity index (χ0) is 15.4. The number of hydrogen-bond donors (Lipinski definition) is 1. The third-order valence-corrected chi connectivity index (χ3v) is 3.50. The Kier molecular flexibility index (Phi) is 4.98. The minimum atomic E-state index is -0.526. The maximum Gasteiger partial charge on any atom is 0.329 e. The van der Waals surface area contributed by atoms with Crippen LogP contribution in [0.25, 0.3) is 11.1 Å². The summed E-state index contributed by atoms with van der Waals surface area (Å²) in [5.74, 6) is 0. The van der Waals surface area contributed by atoms with E-state index in [1.807, 2.05) is 38.1 Å². The maximum absolute atomic E-state index is 12.6. The number of aromatic nitrogens is 2. The summed E-state index contributed by atoms with van der Waals surface area (Å²) in [7, 11) is 0. The van der Waals surface area contributed by atoms with Crippen LogP contribution in [0.4, 0.5) is 0 Å². The van der Waals surface area contributed by atoms with Crippen molar-refractivity contribution in [1.82, 2.24) is 9.55 Å². The molecule has 6 heteroatoms. The molecule has 0 amide bonds. The zero-order valence-electron chi connectivity index (χ0n) is 12.0. The SMILES string of the molecule is CCOCCn1c(=O)[nH]c(Cl)c(-c2ccccc2C)c1=O. The molecule has 2 rings (SSSR count). The van der Waals surface area contributed by atoms with Gasteiger partial charge in [0.15, 0.2) is 0 Å². The predicted molar refractivity (Wildman–Crippen MR) is 83.0 cm³/mol. The Balaban J connectivity index is 2.57. The molecular formula is C15H17ClN2O3. The second-order valence-corrected chi connectivity index (χ2v) is 4.97. The Bertz CT molecular complexity index is 749. The second kappa shape index (κ2) is 6.74. The van der Waals surface area contributed by atoms with Gasteiger partial charge in [-0.1, -0.05) is 35.9 Å². The summed E-state index contributed by atoms with van der Waals surface area (Å²) < 4.78 is 6.32. The fraction of sp³-hybridized carbons (Fsp3) is 0.333. The molecule has 0 aliphatic carbocycles. The summed E-state index contributed by atoms with van der Waals surface area (Å²) in [6.07, 6.45) is 0. The lowest BCUT2D eigenvalue weighted by atomic mass is 10.0. The topological polar surface area (TPSA) is 64.1 Å². The number of ether oxygens (including phenoxy) is 1. The summed E-state index contributed by atoms with van der Waals surface area (Å²) in [5.41, 5.74) is 1.01. The Hall–Kier alpha value is -1.85. The van der Waals surface area contributed by atoms with Gasteiger partial charge in [-0.3, -0.25) is 14.3 Å². The van der Waals surface area contributed by atoms with E-state index >= 15 is 0 Å². The van der Waals surface area contributed by atoms with Gasteiger partial charge in [-0.2, -0.15) is 0 Å². The summed E-state index contributed by atoms with van der Waals surface area (Å²) in [6, 6.07) is 7.41. The van der Waals surface area contributed by atoms with E-state index in [0.717, 1.165) is 10.1 Å². The highest BCUT2D eigenvalue weighted by atomic mass is 35.5. The highest BCUT2D eigenvalue weighted by Crippen LogP contribution is 2.24. The number of benzene rings is 1. The van der Waals surface area contributed by atoms with Crippen molar-refractivity contribution in [1.29, 1.82) is 0 Å². The first-order chi connectivity index (χ1) is 10.1. The molecule has 0 unspecified atom stereocenters. The average molecular weight is 309 g/mol. The van der Waals surface area contributed by atoms with Crippen LogP contribution in [0, 0.1) is 6.92 Å². The molecule has 0 aliphatic rings. The number of aryl methyl sites for hydroxylation is 1. The molecule has 0 aliphatic heterocycles. The van der Waals surface area contributed by atoms with Gasteiger partial charge in [-0.25, -0.2) is 4.79 Å². The van der Waals surface area contributed by atoms with E-state index in [2.05, 4.69) is 4.98 Å². The van der Waals surface area contributed by atoms with Crippen LogP contribution in [0.2, 0.25) is 5.15 Å². The van der Waals surface area contributed by atoms with E-state index in [0.29, 0.717) is 24.3 Å². The minimum Gasteiger partial charge on any atom is -0.380 e. The molecular weight excluding hydrogens is 292 g/mol. The number of nitrogens with one attached hydrogen (secondary N) is 1. The van der Waals surface area contributed by atoms with E-state index in [9.17, 15) is 9.59 Å². The highest BCUT2D eigenvalue weighted by Gasteiger charge is 2.15. The Labute approximate surface area is 127 Å². The number of nitrogens with zero attached hydrogens (tertiary/aromatic N) is 1. The summed E-state index contributed by atoms with van der Waals surface area (Å²) in [5, 5.41) is 0.0620. The fourth-order valence-corrected chi connectivity index (χ4v) is 2.40. The Morgan fingerprint density at radius 1 is 1.29 bits per heavy atom. The quantitative estimate of drug-likeness (QED) is 0.680. The van der Waals surface area contributed by atoms with Crippen molar-refractivity contribution >= 4 is 11.6 Å². The summed E-state index contributed by atoms with van der Waals surface area (Å²) in [6.45, 7) is 4.77. The van der Waals surface area contributed by atoms with Gasteiger partial charge in [0.25, 0.3) is 5.56 Å². The molecule has 0 saturated carbocycles. The Morgan fingerprint density at radius 2 is 2.00 bits per heavy atom. The molecule has 0 fully saturated rings. The molecule has 1 heterocycles. The van der Waals surface area contributed by atoms with E-state index in [4.69, 9.17) is 16.3 Å². The summed E-state index contributed by atoms with van der Waals surface area (Å²) >= 11 is 6.07. The maximum atomic E-state index is 12.6. The van der Waals surface area contributed by atoms with Gasteiger partial charge in [-0.05, 0) is 25.0 Å². The number of H-pyrrole nitrogens is 1. The van der Waals surface area contributed by atoms with Crippen molar-refractivity contribution in [3.05, 3.63) is 55.8 Å². The van der Waals surface area contributed by atoms with Crippen LogP contribution < -0.4 is 11.2 Å². The van der Waals surface area contributed by atoms with Crippen molar-refractivity contribution in [2.75, 3.05) is 13.2 Å². The van der Waals surface area contributed by atoms with Crippen LogP contribution in [0.1, 0.15) is 12.5 Å². The zero-order valence-corrected chi connectivity index (χ0v) is 12.7. The van der Waals surface area contributed by atoms with Crippen LogP contribution in [-0.4, -0.2) is 22.8 Å². The third-order valence-electron chi connectivity index (χ3n) is 3.22. The predicted octanol–water partition coefficient (Wildman–Crippen LogP) is 2.20. The van der Waals surface area contributed by atoms with Gasteiger partial charge >= 0.3 is 5.69 Å². The monoisotopic (exact) mass is 308 g/mol.